The molecule has 2 rings (SSSR count). The maximum atomic E-state index is 12.1. The number of carbonyl (C=O) groups is 1. The summed E-state index contributed by atoms with van der Waals surface area (Å²) in [6, 6.07) is 9.03. The molecule has 20 heavy (non-hydrogen) atoms. The second-order valence-electron chi connectivity index (χ2n) is 4.76. The number of nitrogens with zero attached hydrogens (tertiary/aromatic N) is 5. The van der Waals surface area contributed by atoms with Gasteiger partial charge in [-0.05, 0) is 36.4 Å². The molecule has 1 aromatic heterocycles. The number of tetrazole rings is 1. The smallest absolute Gasteiger partial charge is 0.342 e. The first-order valence-corrected chi connectivity index (χ1v) is 6.34. The van der Waals surface area contributed by atoms with Gasteiger partial charge in [-0.3, -0.25) is 4.79 Å². The van der Waals surface area contributed by atoms with E-state index in [1.54, 1.807) is 36.2 Å². The highest BCUT2D eigenvalue weighted by molar-refractivity contribution is 5.75. The lowest BCUT2D eigenvalue weighted by atomic mass is 10.3. The van der Waals surface area contributed by atoms with Gasteiger partial charge < -0.3 is 4.90 Å². The molecule has 0 N–H and O–H groups in total. The van der Waals surface area contributed by atoms with Crippen LogP contribution in [0.2, 0.25) is 0 Å². The van der Waals surface area contributed by atoms with E-state index in [9.17, 15) is 9.59 Å². The molecule has 1 amide bonds. The summed E-state index contributed by atoms with van der Waals surface area (Å²) in [5, 5.41) is 7.53. The first-order chi connectivity index (χ1) is 9.50. The van der Waals surface area contributed by atoms with Crippen LogP contribution in [0.3, 0.4) is 0 Å². The number of benzene rings is 1. The molecule has 0 atom stereocenters. The van der Waals surface area contributed by atoms with Crippen LogP contribution in [0.4, 0.5) is 0 Å². The Labute approximate surface area is 116 Å². The van der Waals surface area contributed by atoms with Gasteiger partial charge in [-0.25, -0.2) is 4.79 Å². The Morgan fingerprint density at radius 1 is 1.25 bits per heavy atom. The number of likely N-dealkylation sites (N-methyl/N-ethyl adjacent to an activating group) is 1. The Morgan fingerprint density at radius 3 is 2.50 bits per heavy atom. The normalized spacial score (nSPS) is 10.8. The van der Waals surface area contributed by atoms with Crippen LogP contribution in [-0.2, 0) is 11.3 Å². The molecule has 7 nitrogen and oxygen atoms in total. The molecule has 0 saturated carbocycles. The standard InChI is InChI=1S/C13H17N5O2/c1-10(2)16(3)12(19)9-17-13(20)18(15-14-17)11-7-5-4-6-8-11/h4-8,10H,9H2,1-3H3. The zero-order chi connectivity index (χ0) is 14.7. The number of hydrogen-bond donors (Lipinski definition) is 0. The lowest BCUT2D eigenvalue weighted by Crippen LogP contribution is -2.38. The third-order valence-electron chi connectivity index (χ3n) is 3.09. The van der Waals surface area contributed by atoms with E-state index in [0.717, 1.165) is 4.68 Å². The van der Waals surface area contributed by atoms with Crippen LogP contribution in [-0.4, -0.2) is 43.7 Å². The highest BCUT2D eigenvalue weighted by Gasteiger charge is 2.16. The van der Waals surface area contributed by atoms with Crippen LogP contribution in [0.1, 0.15) is 13.8 Å². The van der Waals surface area contributed by atoms with Gasteiger partial charge in [0.05, 0.1) is 5.69 Å². The maximum Gasteiger partial charge on any atom is 0.368 e. The van der Waals surface area contributed by atoms with Crippen molar-refractivity contribution >= 4 is 5.91 Å². The van der Waals surface area contributed by atoms with Crippen molar-refractivity contribution in [1.82, 2.24) is 24.7 Å². The quantitative estimate of drug-likeness (QED) is 0.804. The Bertz CT molecular complexity index is 644. The molecule has 0 aliphatic rings. The van der Waals surface area contributed by atoms with Crippen LogP contribution in [0.15, 0.2) is 35.1 Å². The fourth-order valence-corrected chi connectivity index (χ4v) is 1.63. The zero-order valence-electron chi connectivity index (χ0n) is 11.7. The van der Waals surface area contributed by atoms with Crippen molar-refractivity contribution < 1.29 is 4.79 Å². The van der Waals surface area contributed by atoms with Gasteiger partial charge in [-0.2, -0.15) is 9.36 Å². The van der Waals surface area contributed by atoms with Crippen LogP contribution in [0.25, 0.3) is 5.69 Å². The minimum Gasteiger partial charge on any atom is -0.342 e. The number of carbonyl (C=O) groups excluding carboxylic acids is 1. The van der Waals surface area contributed by atoms with E-state index in [4.69, 9.17) is 0 Å². The van der Waals surface area contributed by atoms with Crippen molar-refractivity contribution in [3.63, 3.8) is 0 Å². The second kappa shape index (κ2) is 5.68. The summed E-state index contributed by atoms with van der Waals surface area (Å²) in [5.74, 6) is -0.179. The molecule has 0 spiro atoms. The van der Waals surface area contributed by atoms with Gasteiger partial charge in [0.2, 0.25) is 5.91 Å². The van der Waals surface area contributed by atoms with E-state index in [1.165, 1.54) is 4.68 Å². The Hall–Kier alpha value is -2.44. The fourth-order valence-electron chi connectivity index (χ4n) is 1.63. The average Bonchev–Trinajstić information content (AvgIpc) is 2.80. The van der Waals surface area contributed by atoms with Crippen LogP contribution < -0.4 is 5.69 Å². The highest BCUT2D eigenvalue weighted by atomic mass is 16.2. The number of amides is 1. The minimum absolute atomic E-state index is 0.0716. The van der Waals surface area contributed by atoms with E-state index in [2.05, 4.69) is 10.4 Å². The van der Waals surface area contributed by atoms with E-state index in [0.29, 0.717) is 5.69 Å². The van der Waals surface area contributed by atoms with Crippen LogP contribution in [0.5, 0.6) is 0 Å². The summed E-state index contributed by atoms with van der Waals surface area (Å²) >= 11 is 0. The summed E-state index contributed by atoms with van der Waals surface area (Å²) in [7, 11) is 1.69. The fraction of sp³-hybridized carbons (Fsp3) is 0.385. The van der Waals surface area contributed by atoms with Crippen molar-refractivity contribution in [2.24, 2.45) is 0 Å². The summed E-state index contributed by atoms with van der Waals surface area (Å²) in [6.07, 6.45) is 0. The van der Waals surface area contributed by atoms with Gasteiger partial charge >= 0.3 is 5.69 Å². The lowest BCUT2D eigenvalue weighted by molar-refractivity contribution is -0.132. The molecular weight excluding hydrogens is 258 g/mol. The van der Waals surface area contributed by atoms with Gasteiger partial charge in [0, 0.05) is 13.1 Å². The predicted octanol–water partition coefficient (Wildman–Crippen LogP) is 0.296. The van der Waals surface area contributed by atoms with Gasteiger partial charge in [-0.15, -0.1) is 0 Å². The molecule has 2 aromatic rings. The molecule has 0 saturated heterocycles. The van der Waals surface area contributed by atoms with Crippen molar-refractivity contribution in [2.75, 3.05) is 7.05 Å². The molecule has 1 aromatic carbocycles. The van der Waals surface area contributed by atoms with Crippen LogP contribution >= 0.6 is 0 Å². The minimum atomic E-state index is -0.429. The monoisotopic (exact) mass is 275 g/mol. The van der Waals surface area contributed by atoms with Gasteiger partial charge in [0.15, 0.2) is 0 Å². The Kier molecular flexibility index (Phi) is 3.97. The number of hydrogen-bond acceptors (Lipinski definition) is 4. The van der Waals surface area contributed by atoms with E-state index in [-0.39, 0.29) is 18.5 Å². The average molecular weight is 275 g/mol. The van der Waals surface area contributed by atoms with Gasteiger partial charge in [-0.1, -0.05) is 18.2 Å². The Balaban J connectivity index is 2.23. The molecule has 106 valence electrons. The van der Waals surface area contributed by atoms with E-state index >= 15 is 0 Å². The molecule has 0 radical (unpaired) electrons. The van der Waals surface area contributed by atoms with Crippen molar-refractivity contribution in [3.8, 4) is 5.69 Å². The third-order valence-corrected chi connectivity index (χ3v) is 3.09. The van der Waals surface area contributed by atoms with Crippen LogP contribution in [0, 0.1) is 0 Å². The lowest BCUT2D eigenvalue weighted by Gasteiger charge is -2.20. The SMILES string of the molecule is CC(C)N(C)C(=O)Cn1nnn(-c2ccccc2)c1=O. The van der Waals surface area contributed by atoms with Gasteiger partial charge in [0.25, 0.3) is 0 Å². The third kappa shape index (κ3) is 2.76. The maximum absolute atomic E-state index is 12.1. The largest absolute Gasteiger partial charge is 0.368 e. The summed E-state index contributed by atoms with van der Waals surface area (Å²) in [6.45, 7) is 3.70. The zero-order valence-corrected chi connectivity index (χ0v) is 11.7. The molecular formula is C13H17N5O2. The summed E-state index contributed by atoms with van der Waals surface area (Å²) in [5.41, 5.74) is 0.190. The van der Waals surface area contributed by atoms with E-state index < -0.39 is 5.69 Å². The molecule has 0 unspecified atom stereocenters. The first kappa shape index (κ1) is 14.0. The number of aromatic nitrogens is 4. The predicted molar refractivity (Wildman–Crippen MR) is 73.5 cm³/mol. The van der Waals surface area contributed by atoms with Crippen molar-refractivity contribution in [3.05, 3.63) is 40.8 Å². The Morgan fingerprint density at radius 2 is 1.90 bits per heavy atom. The molecule has 0 bridgehead atoms. The highest BCUT2D eigenvalue weighted by Crippen LogP contribution is 2.01. The number of para-hydroxylation sites is 1. The molecule has 7 heteroatoms. The number of rotatable bonds is 4. The summed E-state index contributed by atoms with van der Waals surface area (Å²) < 4.78 is 2.23. The van der Waals surface area contributed by atoms with Gasteiger partial charge in [0.1, 0.15) is 6.54 Å². The topological polar surface area (TPSA) is 73.0 Å². The first-order valence-electron chi connectivity index (χ1n) is 6.34. The molecule has 0 fully saturated rings. The van der Waals surface area contributed by atoms with E-state index in [1.807, 2.05) is 19.9 Å². The van der Waals surface area contributed by atoms with Crippen molar-refractivity contribution in [2.45, 2.75) is 26.4 Å². The molecule has 1 heterocycles. The molecule has 0 aliphatic carbocycles. The second-order valence-corrected chi connectivity index (χ2v) is 4.76. The molecule has 0 aliphatic heterocycles. The van der Waals surface area contributed by atoms with Crippen molar-refractivity contribution in [1.29, 1.82) is 0 Å². The summed E-state index contributed by atoms with van der Waals surface area (Å²) in [4.78, 5) is 25.6.